The summed E-state index contributed by atoms with van der Waals surface area (Å²) >= 11 is 14.5. The van der Waals surface area contributed by atoms with Crippen molar-refractivity contribution in [2.75, 3.05) is 11.9 Å². The van der Waals surface area contributed by atoms with Gasteiger partial charge in [-0.05, 0) is 76.2 Å². The van der Waals surface area contributed by atoms with Crippen molar-refractivity contribution in [2.45, 2.75) is 6.42 Å². The number of rotatable bonds is 6. The molecular formula is C22H18BrClN2O2S. The van der Waals surface area contributed by atoms with E-state index in [1.807, 2.05) is 18.2 Å². The van der Waals surface area contributed by atoms with Gasteiger partial charge in [0.15, 0.2) is 5.11 Å². The van der Waals surface area contributed by atoms with Gasteiger partial charge in [-0.15, -0.1) is 0 Å². The summed E-state index contributed by atoms with van der Waals surface area (Å²) in [6.07, 6.45) is 0.806. The first-order valence-corrected chi connectivity index (χ1v) is 10.4. The first-order chi connectivity index (χ1) is 14.0. The first-order valence-electron chi connectivity index (χ1n) is 8.85. The molecule has 0 radical (unpaired) electrons. The fourth-order valence-corrected chi connectivity index (χ4v) is 3.38. The molecule has 0 heterocycles. The zero-order valence-corrected chi connectivity index (χ0v) is 18.5. The molecule has 0 aliphatic rings. The number of carbonyl (C=O) groups excluding carboxylic acids is 1. The first kappa shape index (κ1) is 21.3. The van der Waals surface area contributed by atoms with E-state index in [1.54, 1.807) is 42.5 Å². The highest BCUT2D eigenvalue weighted by Crippen LogP contribution is 2.26. The van der Waals surface area contributed by atoms with E-state index < -0.39 is 0 Å². The molecule has 0 bridgehead atoms. The predicted molar refractivity (Wildman–Crippen MR) is 125 cm³/mol. The fourth-order valence-electron chi connectivity index (χ4n) is 2.55. The molecule has 0 spiro atoms. The molecule has 0 unspecified atom stereocenters. The highest BCUT2D eigenvalue weighted by molar-refractivity contribution is 9.10. The van der Waals surface area contributed by atoms with Gasteiger partial charge in [-0.25, -0.2) is 0 Å². The summed E-state index contributed by atoms with van der Waals surface area (Å²) < 4.78 is 6.52. The van der Waals surface area contributed by atoms with Crippen molar-refractivity contribution in [3.63, 3.8) is 0 Å². The van der Waals surface area contributed by atoms with Crippen LogP contribution in [-0.4, -0.2) is 17.6 Å². The maximum Gasteiger partial charge on any atom is 0.257 e. The van der Waals surface area contributed by atoms with Crippen molar-refractivity contribution in [3.05, 3.63) is 93.4 Å². The van der Waals surface area contributed by atoms with Crippen LogP contribution in [0.5, 0.6) is 5.75 Å². The summed E-state index contributed by atoms with van der Waals surface area (Å²) in [5, 5.41) is 6.43. The second kappa shape index (κ2) is 10.4. The monoisotopic (exact) mass is 488 g/mol. The van der Waals surface area contributed by atoms with Crippen LogP contribution < -0.4 is 15.4 Å². The third-order valence-electron chi connectivity index (χ3n) is 4.01. The smallest absolute Gasteiger partial charge is 0.257 e. The molecule has 0 aromatic heterocycles. The minimum absolute atomic E-state index is 0.205. The Balaban J connectivity index is 1.53. The van der Waals surface area contributed by atoms with Crippen molar-refractivity contribution in [1.82, 2.24) is 5.32 Å². The molecule has 0 aliphatic heterocycles. The molecule has 1 amide bonds. The number of hydrogen-bond donors (Lipinski definition) is 2. The van der Waals surface area contributed by atoms with Gasteiger partial charge in [-0.3, -0.25) is 10.1 Å². The van der Waals surface area contributed by atoms with Crippen molar-refractivity contribution in [1.29, 1.82) is 0 Å². The van der Waals surface area contributed by atoms with Crippen molar-refractivity contribution in [3.8, 4) is 5.75 Å². The van der Waals surface area contributed by atoms with Gasteiger partial charge in [-0.1, -0.05) is 41.9 Å². The Morgan fingerprint density at radius 3 is 2.45 bits per heavy atom. The van der Waals surface area contributed by atoms with E-state index in [-0.39, 0.29) is 11.0 Å². The van der Waals surface area contributed by atoms with Crippen LogP contribution in [0, 0.1) is 0 Å². The highest BCUT2D eigenvalue weighted by Gasteiger charge is 2.11. The molecule has 4 nitrogen and oxygen atoms in total. The van der Waals surface area contributed by atoms with Crippen molar-refractivity contribution >= 4 is 56.5 Å². The second-order valence-electron chi connectivity index (χ2n) is 6.14. The summed E-state index contributed by atoms with van der Waals surface area (Å²) in [5.41, 5.74) is 2.41. The lowest BCUT2D eigenvalue weighted by Crippen LogP contribution is -2.34. The average molecular weight is 490 g/mol. The summed E-state index contributed by atoms with van der Waals surface area (Å²) in [6.45, 7) is 0.545. The summed E-state index contributed by atoms with van der Waals surface area (Å²) in [5.74, 6) is 0.368. The normalized spacial score (nSPS) is 10.3. The van der Waals surface area contributed by atoms with Crippen LogP contribution in [0.4, 0.5) is 5.69 Å². The molecule has 0 atom stereocenters. The van der Waals surface area contributed by atoms with Crippen LogP contribution in [0.1, 0.15) is 15.9 Å². The van der Waals surface area contributed by atoms with Gasteiger partial charge in [0.1, 0.15) is 5.75 Å². The number of amides is 1. The summed E-state index contributed by atoms with van der Waals surface area (Å²) in [7, 11) is 0. The van der Waals surface area contributed by atoms with E-state index in [2.05, 4.69) is 38.7 Å². The number of hydrogen-bond acceptors (Lipinski definition) is 3. The molecule has 0 saturated carbocycles. The lowest BCUT2D eigenvalue weighted by atomic mass is 10.2. The molecule has 2 N–H and O–H groups in total. The van der Waals surface area contributed by atoms with Crippen molar-refractivity contribution in [2.24, 2.45) is 0 Å². The molecule has 0 aliphatic carbocycles. The fraction of sp³-hybridized carbons (Fsp3) is 0.0909. The minimum atomic E-state index is -0.312. The largest absolute Gasteiger partial charge is 0.492 e. The Morgan fingerprint density at radius 1 is 1.03 bits per heavy atom. The van der Waals surface area contributed by atoms with E-state index in [9.17, 15) is 4.79 Å². The van der Waals surface area contributed by atoms with E-state index in [0.717, 1.165) is 12.1 Å². The number of nitrogens with one attached hydrogen (secondary N) is 2. The van der Waals surface area contributed by atoms with Gasteiger partial charge < -0.3 is 10.1 Å². The molecule has 3 rings (SSSR count). The maximum absolute atomic E-state index is 12.4. The third kappa shape index (κ3) is 6.56. The predicted octanol–water partition coefficient (Wildman–Crippen LogP) is 5.85. The number of carbonyl (C=O) groups is 1. The molecule has 29 heavy (non-hydrogen) atoms. The second-order valence-corrected chi connectivity index (χ2v) is 7.84. The van der Waals surface area contributed by atoms with Gasteiger partial charge >= 0.3 is 0 Å². The average Bonchev–Trinajstić information content (AvgIpc) is 2.71. The van der Waals surface area contributed by atoms with E-state index in [0.29, 0.717) is 27.4 Å². The maximum atomic E-state index is 12.4. The van der Waals surface area contributed by atoms with Gasteiger partial charge in [-0.2, -0.15) is 0 Å². The standard InChI is InChI=1S/C22H18BrClN2O2S/c23-19-14-16(6-11-20(19)28-13-12-15-4-2-1-3-5-15)21(27)26-22(29)25-18-9-7-17(24)8-10-18/h1-11,14H,12-13H2,(H2,25,26,27,29). The van der Waals surface area contributed by atoms with Gasteiger partial charge in [0, 0.05) is 22.7 Å². The van der Waals surface area contributed by atoms with E-state index in [4.69, 9.17) is 28.6 Å². The molecular weight excluding hydrogens is 472 g/mol. The lowest BCUT2D eigenvalue weighted by Gasteiger charge is -2.12. The Hall–Kier alpha value is -2.41. The van der Waals surface area contributed by atoms with Gasteiger partial charge in [0.05, 0.1) is 11.1 Å². The Morgan fingerprint density at radius 2 is 1.76 bits per heavy atom. The molecule has 148 valence electrons. The van der Waals surface area contributed by atoms with Crippen LogP contribution in [0.25, 0.3) is 0 Å². The van der Waals surface area contributed by atoms with E-state index >= 15 is 0 Å². The Labute approximate surface area is 188 Å². The number of ether oxygens (including phenoxy) is 1. The zero-order chi connectivity index (χ0) is 20.6. The SMILES string of the molecule is O=C(NC(=S)Nc1ccc(Cl)cc1)c1ccc(OCCc2ccccc2)c(Br)c1. The third-order valence-corrected chi connectivity index (χ3v) is 5.09. The molecule has 3 aromatic rings. The Kier molecular flexibility index (Phi) is 7.63. The highest BCUT2D eigenvalue weighted by atomic mass is 79.9. The number of thiocarbonyl (C=S) groups is 1. The number of halogens is 2. The van der Waals surface area contributed by atoms with Gasteiger partial charge in [0.2, 0.25) is 0 Å². The van der Waals surface area contributed by atoms with Crippen LogP contribution in [0.2, 0.25) is 5.02 Å². The molecule has 3 aromatic carbocycles. The zero-order valence-electron chi connectivity index (χ0n) is 15.3. The Bertz CT molecular complexity index is 997. The van der Waals surface area contributed by atoms with Gasteiger partial charge in [0.25, 0.3) is 5.91 Å². The minimum Gasteiger partial charge on any atom is -0.492 e. The quantitative estimate of drug-likeness (QED) is 0.426. The number of anilines is 1. The van der Waals surface area contributed by atoms with Crippen molar-refractivity contribution < 1.29 is 9.53 Å². The molecule has 0 fully saturated rings. The molecule has 7 heteroatoms. The lowest BCUT2D eigenvalue weighted by molar-refractivity contribution is 0.0977. The van der Waals surface area contributed by atoms with Crippen LogP contribution in [0.3, 0.4) is 0 Å². The summed E-state index contributed by atoms with van der Waals surface area (Å²) in [6, 6.07) is 22.3. The van der Waals surface area contributed by atoms with E-state index in [1.165, 1.54) is 5.56 Å². The molecule has 0 saturated heterocycles. The van der Waals surface area contributed by atoms with Crippen LogP contribution >= 0.6 is 39.7 Å². The summed E-state index contributed by atoms with van der Waals surface area (Å²) in [4.78, 5) is 12.4. The topological polar surface area (TPSA) is 50.4 Å². The number of benzene rings is 3. The van der Waals surface area contributed by atoms with Crippen LogP contribution in [0.15, 0.2) is 77.3 Å². The van der Waals surface area contributed by atoms with Crippen LogP contribution in [-0.2, 0) is 6.42 Å².